The predicted molar refractivity (Wildman–Crippen MR) is 237 cm³/mol. The zero-order valence-corrected chi connectivity index (χ0v) is 30.8. The van der Waals surface area contributed by atoms with Gasteiger partial charge in [-0.3, -0.25) is 4.57 Å². The van der Waals surface area contributed by atoms with Crippen molar-refractivity contribution < 1.29 is 0 Å². The summed E-state index contributed by atoms with van der Waals surface area (Å²) in [7, 11) is 0. The SMILES string of the molecule is c1ccc(-c2nc(-n3c4ccccc4c4cc(-c5ccc6sc7cc8c9c(cccc9c7c6c5)-c5ccccc5-8)ccc43)nc3c2ccc2ccccc23)cc1. The van der Waals surface area contributed by atoms with E-state index in [-0.39, 0.29) is 0 Å². The molecule has 0 bridgehead atoms. The number of fused-ring (bicyclic) bond motifs is 13. The molecule has 1 aliphatic rings. The summed E-state index contributed by atoms with van der Waals surface area (Å²) in [5.41, 5.74) is 12.9. The van der Waals surface area contributed by atoms with Gasteiger partial charge in [-0.05, 0) is 92.0 Å². The molecular weight excluding hydrogens is 699 g/mol. The van der Waals surface area contributed by atoms with Crippen molar-refractivity contribution in [2.24, 2.45) is 0 Å². The fourth-order valence-electron chi connectivity index (χ4n) is 9.46. The van der Waals surface area contributed by atoms with Crippen molar-refractivity contribution in [1.29, 1.82) is 0 Å². The third kappa shape index (κ3) is 4.11. The molecule has 3 nitrogen and oxygen atoms in total. The number of nitrogens with zero attached hydrogens (tertiary/aromatic N) is 3. The molecule has 0 aliphatic heterocycles. The molecule has 3 aromatic heterocycles. The molecule has 12 aromatic rings. The highest BCUT2D eigenvalue weighted by molar-refractivity contribution is 7.26. The molecule has 1 aliphatic carbocycles. The Bertz CT molecular complexity index is 3650. The quantitative estimate of drug-likeness (QED) is 0.170. The Morgan fingerprint density at radius 2 is 1.07 bits per heavy atom. The van der Waals surface area contributed by atoms with Crippen molar-refractivity contribution in [2.45, 2.75) is 0 Å². The molecule has 3 heterocycles. The zero-order chi connectivity index (χ0) is 36.5. The maximum absolute atomic E-state index is 5.38. The lowest BCUT2D eigenvalue weighted by atomic mass is 9.96. The summed E-state index contributed by atoms with van der Waals surface area (Å²) in [5, 5.41) is 11.1. The maximum atomic E-state index is 5.38. The lowest BCUT2D eigenvalue weighted by molar-refractivity contribution is 1.02. The topological polar surface area (TPSA) is 30.7 Å². The lowest BCUT2D eigenvalue weighted by Crippen LogP contribution is -2.03. The van der Waals surface area contributed by atoms with Crippen molar-refractivity contribution in [3.05, 3.63) is 176 Å². The fraction of sp³-hybridized carbons (Fsp3) is 0. The summed E-state index contributed by atoms with van der Waals surface area (Å²) < 4.78 is 4.90. The molecule has 13 rings (SSSR count). The van der Waals surface area contributed by atoms with E-state index in [0.717, 1.165) is 44.0 Å². The van der Waals surface area contributed by atoms with Crippen molar-refractivity contribution in [1.82, 2.24) is 14.5 Å². The van der Waals surface area contributed by atoms with Crippen LogP contribution >= 0.6 is 11.3 Å². The van der Waals surface area contributed by atoms with Crippen LogP contribution in [0.2, 0.25) is 0 Å². The molecule has 0 spiro atoms. The van der Waals surface area contributed by atoms with Gasteiger partial charge < -0.3 is 0 Å². The van der Waals surface area contributed by atoms with Crippen LogP contribution < -0.4 is 0 Å². The van der Waals surface area contributed by atoms with Crippen molar-refractivity contribution in [3.8, 4) is 50.6 Å². The van der Waals surface area contributed by atoms with Gasteiger partial charge in [-0.25, -0.2) is 9.97 Å². The number of benzene rings is 9. The maximum Gasteiger partial charge on any atom is 0.235 e. The van der Waals surface area contributed by atoms with Gasteiger partial charge in [0, 0.05) is 47.3 Å². The second-order valence-corrected chi connectivity index (χ2v) is 16.0. The smallest absolute Gasteiger partial charge is 0.235 e. The molecule has 0 radical (unpaired) electrons. The van der Waals surface area contributed by atoms with Gasteiger partial charge in [-0.15, -0.1) is 11.3 Å². The molecule has 0 saturated carbocycles. The van der Waals surface area contributed by atoms with Gasteiger partial charge >= 0.3 is 0 Å². The summed E-state index contributed by atoms with van der Waals surface area (Å²) in [6.45, 7) is 0. The number of thiophene rings is 1. The van der Waals surface area contributed by atoms with Gasteiger partial charge in [0.2, 0.25) is 5.95 Å². The minimum atomic E-state index is 0.669. The summed E-state index contributed by atoms with van der Waals surface area (Å²) in [6, 6.07) is 64.0. The standard InChI is InChI=1S/C52H29N3S/c1-2-12-31(13-3-1)50-40-24-21-30-11-4-5-14-34(30)51(40)54-52(53-50)55-44-20-9-8-17-37(44)41-27-32(22-25-45(41)55)33-23-26-46-43(28-33)49-39-19-10-18-38-35-15-6-7-16-36(35)42(48(38)39)29-47(49)56-46/h1-29H. The van der Waals surface area contributed by atoms with Crippen LogP contribution in [0.1, 0.15) is 0 Å². The van der Waals surface area contributed by atoms with Crippen LogP contribution in [0.4, 0.5) is 0 Å². The Balaban J connectivity index is 1.03. The number of aromatic nitrogens is 3. The molecular formula is C52H29N3S. The Morgan fingerprint density at radius 3 is 1.96 bits per heavy atom. The summed E-state index contributed by atoms with van der Waals surface area (Å²) in [4.78, 5) is 10.7. The molecule has 56 heavy (non-hydrogen) atoms. The Morgan fingerprint density at radius 1 is 0.375 bits per heavy atom. The predicted octanol–water partition coefficient (Wildman–Crippen LogP) is 14.4. The normalized spacial score (nSPS) is 12.3. The highest BCUT2D eigenvalue weighted by atomic mass is 32.1. The molecule has 0 atom stereocenters. The van der Waals surface area contributed by atoms with Gasteiger partial charge in [0.25, 0.3) is 0 Å². The first kappa shape index (κ1) is 30.2. The van der Waals surface area contributed by atoms with Crippen LogP contribution in [-0.4, -0.2) is 14.5 Å². The van der Waals surface area contributed by atoms with E-state index in [0.29, 0.717) is 5.95 Å². The van der Waals surface area contributed by atoms with Crippen LogP contribution in [0.5, 0.6) is 0 Å². The second-order valence-electron chi connectivity index (χ2n) is 14.9. The van der Waals surface area contributed by atoms with E-state index in [1.54, 1.807) is 0 Å². The fourth-order valence-corrected chi connectivity index (χ4v) is 10.6. The van der Waals surface area contributed by atoms with E-state index in [4.69, 9.17) is 9.97 Å². The van der Waals surface area contributed by atoms with E-state index in [9.17, 15) is 0 Å². The Labute approximate surface area is 325 Å². The van der Waals surface area contributed by atoms with E-state index < -0.39 is 0 Å². The minimum absolute atomic E-state index is 0.669. The largest absolute Gasteiger partial charge is 0.278 e. The lowest BCUT2D eigenvalue weighted by Gasteiger charge is -2.13. The second kappa shape index (κ2) is 11.2. The molecule has 0 fully saturated rings. The minimum Gasteiger partial charge on any atom is -0.278 e. The van der Waals surface area contributed by atoms with Crippen LogP contribution in [0, 0.1) is 0 Å². The van der Waals surface area contributed by atoms with Crippen LogP contribution in [0.3, 0.4) is 0 Å². The summed E-state index contributed by atoms with van der Waals surface area (Å²) >= 11 is 1.90. The summed E-state index contributed by atoms with van der Waals surface area (Å²) in [6.07, 6.45) is 0. The van der Waals surface area contributed by atoms with Gasteiger partial charge in [0.05, 0.1) is 22.2 Å². The first-order chi connectivity index (χ1) is 27.8. The average Bonchev–Trinajstić information content (AvgIpc) is 3.91. The molecule has 0 N–H and O–H groups in total. The number of para-hydroxylation sites is 1. The van der Waals surface area contributed by atoms with E-state index >= 15 is 0 Å². The zero-order valence-electron chi connectivity index (χ0n) is 30.0. The average molecular weight is 728 g/mol. The van der Waals surface area contributed by atoms with E-state index in [2.05, 4.69) is 180 Å². The molecule has 0 unspecified atom stereocenters. The third-order valence-electron chi connectivity index (χ3n) is 11.9. The molecule has 9 aromatic carbocycles. The van der Waals surface area contributed by atoms with Crippen molar-refractivity contribution >= 4 is 85.8 Å². The molecule has 4 heteroatoms. The van der Waals surface area contributed by atoms with E-state index in [1.165, 1.54) is 75.1 Å². The summed E-state index contributed by atoms with van der Waals surface area (Å²) in [5.74, 6) is 0.669. The monoisotopic (exact) mass is 727 g/mol. The molecule has 258 valence electrons. The van der Waals surface area contributed by atoms with Crippen LogP contribution in [0.15, 0.2) is 176 Å². The van der Waals surface area contributed by atoms with Crippen LogP contribution in [-0.2, 0) is 0 Å². The Kier molecular flexibility index (Phi) is 6.04. The third-order valence-corrected chi connectivity index (χ3v) is 13.1. The van der Waals surface area contributed by atoms with Crippen LogP contribution in [0.25, 0.3) is 125 Å². The highest BCUT2D eigenvalue weighted by Gasteiger charge is 2.24. The number of rotatable bonds is 3. The van der Waals surface area contributed by atoms with Gasteiger partial charge in [0.1, 0.15) is 0 Å². The highest BCUT2D eigenvalue weighted by Crippen LogP contribution is 2.52. The Hall–Kier alpha value is -7.14. The van der Waals surface area contributed by atoms with Gasteiger partial charge in [0.15, 0.2) is 0 Å². The molecule has 0 saturated heterocycles. The number of hydrogen-bond donors (Lipinski definition) is 0. The van der Waals surface area contributed by atoms with Crippen molar-refractivity contribution in [2.75, 3.05) is 0 Å². The number of hydrogen-bond acceptors (Lipinski definition) is 3. The first-order valence-corrected chi connectivity index (χ1v) is 19.9. The van der Waals surface area contributed by atoms with E-state index in [1.807, 2.05) is 11.3 Å². The molecule has 0 amide bonds. The van der Waals surface area contributed by atoms with Gasteiger partial charge in [-0.1, -0.05) is 133 Å². The first-order valence-electron chi connectivity index (χ1n) is 19.1. The van der Waals surface area contributed by atoms with Gasteiger partial charge in [-0.2, -0.15) is 0 Å². The van der Waals surface area contributed by atoms with Crippen molar-refractivity contribution in [3.63, 3.8) is 0 Å².